The minimum atomic E-state index is -0.681. The predicted molar refractivity (Wildman–Crippen MR) is 111 cm³/mol. The van der Waals surface area contributed by atoms with Crippen LogP contribution in [0.4, 0.5) is 10.1 Å². The van der Waals surface area contributed by atoms with Gasteiger partial charge in [-0.05, 0) is 45.0 Å². The molecule has 8 heteroatoms. The van der Waals surface area contributed by atoms with E-state index in [9.17, 15) is 9.18 Å². The predicted octanol–water partition coefficient (Wildman–Crippen LogP) is 5.56. The van der Waals surface area contributed by atoms with E-state index >= 15 is 0 Å². The molecule has 0 aliphatic carbocycles. The Morgan fingerprint density at radius 1 is 1.18 bits per heavy atom. The molecule has 2 aromatic rings. The lowest BCUT2D eigenvalue weighted by Crippen LogP contribution is -2.59. The third kappa shape index (κ3) is 2.76. The molecule has 2 heterocycles. The van der Waals surface area contributed by atoms with E-state index in [0.29, 0.717) is 21.4 Å². The summed E-state index contributed by atoms with van der Waals surface area (Å²) < 4.78 is 14.7. The highest BCUT2D eigenvalue weighted by Crippen LogP contribution is 2.54. The summed E-state index contributed by atoms with van der Waals surface area (Å²) in [6.07, 6.45) is 0. The van der Waals surface area contributed by atoms with Crippen LogP contribution in [-0.4, -0.2) is 27.5 Å². The van der Waals surface area contributed by atoms with Crippen LogP contribution in [0.5, 0.6) is 0 Å². The van der Waals surface area contributed by atoms with E-state index in [4.69, 9.17) is 11.6 Å². The Bertz CT molecular complexity index is 1020. The number of amidine groups is 1. The molecule has 0 radical (unpaired) electrons. The fourth-order valence-electron chi connectivity index (χ4n) is 3.43. The smallest absolute Gasteiger partial charge is 0.280 e. The number of thioether (sulfide) groups is 1. The lowest BCUT2D eigenvalue weighted by atomic mass is 9.81. The second-order valence-corrected chi connectivity index (χ2v) is 8.81. The van der Waals surface area contributed by atoms with Gasteiger partial charge in [0.2, 0.25) is 0 Å². The number of carbonyl (C=O) groups is 1. The fourth-order valence-corrected chi connectivity index (χ4v) is 5.09. The first-order valence-electron chi connectivity index (χ1n) is 8.77. The quantitative estimate of drug-likeness (QED) is 0.644. The number of aliphatic imine (C=N–C) groups is 1. The standard InChI is InChI=1S/C20H18ClFN4OS/c1-19(2)20(3)17(24-25-19)28-18(26(20)15-11-7-6-10-14(15)22)23-16(27)12-8-4-5-9-13(12)21/h4-11,17H,1-3H3. The zero-order valence-corrected chi connectivity index (χ0v) is 17.1. The van der Waals surface area contributed by atoms with E-state index in [1.54, 1.807) is 47.4 Å². The van der Waals surface area contributed by atoms with Gasteiger partial charge in [-0.3, -0.25) is 4.79 Å². The molecule has 144 valence electrons. The van der Waals surface area contributed by atoms with Crippen LogP contribution in [-0.2, 0) is 0 Å². The van der Waals surface area contributed by atoms with Crippen molar-refractivity contribution in [1.82, 2.24) is 0 Å². The highest BCUT2D eigenvalue weighted by atomic mass is 35.5. The number of hydrogen-bond acceptors (Lipinski definition) is 4. The second kappa shape index (κ2) is 6.67. The van der Waals surface area contributed by atoms with Gasteiger partial charge in [0, 0.05) is 0 Å². The number of hydrogen-bond donors (Lipinski definition) is 0. The van der Waals surface area contributed by atoms with Crippen LogP contribution in [0.3, 0.4) is 0 Å². The van der Waals surface area contributed by atoms with Gasteiger partial charge in [0.15, 0.2) is 5.17 Å². The number of carbonyl (C=O) groups excluding carboxylic acids is 1. The van der Waals surface area contributed by atoms with Gasteiger partial charge in [-0.25, -0.2) is 4.39 Å². The minimum absolute atomic E-state index is 0.300. The van der Waals surface area contributed by atoms with Crippen LogP contribution in [0.2, 0.25) is 5.02 Å². The van der Waals surface area contributed by atoms with Crippen molar-refractivity contribution in [3.8, 4) is 0 Å². The lowest BCUT2D eigenvalue weighted by molar-refractivity contribution is 0.100. The number of azo groups is 1. The normalized spacial score (nSPS) is 26.7. The Hall–Kier alpha value is -2.25. The molecule has 1 saturated heterocycles. The molecule has 2 atom stereocenters. The molecule has 4 rings (SSSR count). The number of fused-ring (bicyclic) bond motifs is 1. The molecule has 0 spiro atoms. The van der Waals surface area contributed by atoms with E-state index in [1.165, 1.54) is 17.8 Å². The molecule has 28 heavy (non-hydrogen) atoms. The second-order valence-electron chi connectivity index (χ2n) is 7.36. The van der Waals surface area contributed by atoms with E-state index in [1.807, 2.05) is 20.8 Å². The van der Waals surface area contributed by atoms with Crippen molar-refractivity contribution in [2.75, 3.05) is 4.90 Å². The van der Waals surface area contributed by atoms with Crippen molar-refractivity contribution in [2.24, 2.45) is 15.2 Å². The van der Waals surface area contributed by atoms with Crippen LogP contribution >= 0.6 is 23.4 Å². The monoisotopic (exact) mass is 416 g/mol. The molecule has 5 nitrogen and oxygen atoms in total. The lowest BCUT2D eigenvalue weighted by Gasteiger charge is -2.42. The van der Waals surface area contributed by atoms with Gasteiger partial charge >= 0.3 is 0 Å². The average molecular weight is 417 g/mol. The van der Waals surface area contributed by atoms with Crippen molar-refractivity contribution < 1.29 is 9.18 Å². The largest absolute Gasteiger partial charge is 0.306 e. The first kappa shape index (κ1) is 19.1. The Balaban J connectivity index is 1.85. The van der Waals surface area contributed by atoms with E-state index in [-0.39, 0.29) is 5.37 Å². The fraction of sp³-hybridized carbons (Fsp3) is 0.300. The molecule has 2 aliphatic rings. The van der Waals surface area contributed by atoms with Crippen LogP contribution in [0.15, 0.2) is 63.8 Å². The van der Waals surface area contributed by atoms with Crippen LogP contribution in [0, 0.1) is 5.82 Å². The summed E-state index contributed by atoms with van der Waals surface area (Å²) in [6, 6.07) is 13.2. The number of halogens is 2. The highest BCUT2D eigenvalue weighted by molar-refractivity contribution is 8.15. The molecule has 0 saturated carbocycles. The van der Waals surface area contributed by atoms with Crippen molar-refractivity contribution in [3.05, 3.63) is 64.9 Å². The first-order chi connectivity index (χ1) is 13.3. The minimum Gasteiger partial charge on any atom is -0.306 e. The topological polar surface area (TPSA) is 57.4 Å². The van der Waals surface area contributed by atoms with Crippen molar-refractivity contribution >= 4 is 40.1 Å². The van der Waals surface area contributed by atoms with E-state index in [0.717, 1.165) is 0 Å². The van der Waals surface area contributed by atoms with Crippen LogP contribution in [0.1, 0.15) is 31.1 Å². The molecule has 1 amide bonds. The summed E-state index contributed by atoms with van der Waals surface area (Å²) in [5.41, 5.74) is -0.642. The average Bonchev–Trinajstić information content (AvgIpc) is 3.05. The first-order valence-corrected chi connectivity index (χ1v) is 10.0. The third-order valence-corrected chi connectivity index (χ3v) is 6.99. The molecule has 1 fully saturated rings. The number of anilines is 1. The van der Waals surface area contributed by atoms with E-state index < -0.39 is 22.8 Å². The molecule has 0 aromatic heterocycles. The van der Waals surface area contributed by atoms with Gasteiger partial charge in [0.1, 0.15) is 22.3 Å². The van der Waals surface area contributed by atoms with Gasteiger partial charge in [-0.2, -0.15) is 15.2 Å². The Morgan fingerprint density at radius 2 is 1.86 bits per heavy atom. The number of rotatable bonds is 2. The summed E-state index contributed by atoms with van der Waals surface area (Å²) >= 11 is 7.46. The summed E-state index contributed by atoms with van der Waals surface area (Å²) in [7, 11) is 0. The van der Waals surface area contributed by atoms with Gasteiger partial charge < -0.3 is 4.90 Å². The zero-order valence-electron chi connectivity index (χ0n) is 15.6. The van der Waals surface area contributed by atoms with Crippen molar-refractivity contribution in [1.29, 1.82) is 0 Å². The molecule has 2 aliphatic heterocycles. The number of benzene rings is 2. The molecular formula is C20H18ClFN4OS. The summed E-state index contributed by atoms with van der Waals surface area (Å²) in [4.78, 5) is 18.9. The van der Waals surface area contributed by atoms with E-state index in [2.05, 4.69) is 15.2 Å². The van der Waals surface area contributed by atoms with Crippen LogP contribution in [0.25, 0.3) is 0 Å². The summed E-state index contributed by atoms with van der Waals surface area (Å²) in [5.74, 6) is -0.877. The maximum Gasteiger partial charge on any atom is 0.280 e. The molecular weight excluding hydrogens is 399 g/mol. The molecule has 2 aromatic carbocycles. The molecule has 0 bridgehead atoms. The van der Waals surface area contributed by atoms with Gasteiger partial charge in [0.05, 0.1) is 16.3 Å². The van der Waals surface area contributed by atoms with Crippen LogP contribution < -0.4 is 4.90 Å². The van der Waals surface area contributed by atoms with Crippen molar-refractivity contribution in [2.45, 2.75) is 37.2 Å². The van der Waals surface area contributed by atoms with Gasteiger partial charge in [-0.15, -0.1) is 0 Å². The zero-order chi connectivity index (χ0) is 20.1. The molecule has 0 N–H and O–H groups in total. The number of nitrogens with zero attached hydrogens (tertiary/aromatic N) is 4. The SMILES string of the molecule is CC1(C)N=NC2SC(=NC(=O)c3ccccc3Cl)N(c3ccccc3F)C21C. The number of amides is 1. The molecule has 2 unspecified atom stereocenters. The Kier molecular flexibility index (Phi) is 4.55. The highest BCUT2D eigenvalue weighted by Gasteiger charge is 2.63. The van der Waals surface area contributed by atoms with Crippen molar-refractivity contribution in [3.63, 3.8) is 0 Å². The number of para-hydroxylation sites is 1. The van der Waals surface area contributed by atoms with Gasteiger partial charge in [-0.1, -0.05) is 47.6 Å². The summed E-state index contributed by atoms with van der Waals surface area (Å²) in [6.45, 7) is 5.87. The Labute approximate surface area is 171 Å². The maximum atomic E-state index is 14.7. The summed E-state index contributed by atoms with van der Waals surface area (Å²) in [5, 5.41) is 9.18. The maximum absolute atomic E-state index is 14.7. The van der Waals surface area contributed by atoms with Gasteiger partial charge in [0.25, 0.3) is 5.91 Å². The Morgan fingerprint density at radius 3 is 2.57 bits per heavy atom. The third-order valence-electron chi connectivity index (χ3n) is 5.40.